The van der Waals surface area contributed by atoms with Crippen molar-refractivity contribution in [2.24, 2.45) is 11.3 Å². The molecule has 1 saturated heterocycles. The monoisotopic (exact) mass is 268 g/mol. The molecule has 1 unspecified atom stereocenters. The molecule has 0 amide bonds. The molecule has 0 bridgehead atoms. The molecule has 2 fully saturated rings. The summed E-state index contributed by atoms with van der Waals surface area (Å²) in [5.74, 6) is 0.929. The van der Waals surface area contributed by atoms with Crippen LogP contribution in [0.15, 0.2) is 0 Å². The van der Waals surface area contributed by atoms with E-state index in [1.807, 2.05) is 7.11 Å². The fraction of sp³-hybridized carbons (Fsp3) is 1.00. The zero-order chi connectivity index (χ0) is 13.7. The number of methoxy groups -OCH3 is 1. The van der Waals surface area contributed by atoms with Crippen molar-refractivity contribution in [3.8, 4) is 0 Å². The number of rotatable bonds is 5. The van der Waals surface area contributed by atoms with Gasteiger partial charge in [-0.3, -0.25) is 0 Å². The number of nitrogens with one attached hydrogen (secondary N) is 1. The average molecular weight is 268 g/mol. The highest BCUT2D eigenvalue weighted by Crippen LogP contribution is 2.39. The molecule has 2 aliphatic rings. The summed E-state index contributed by atoms with van der Waals surface area (Å²) in [5, 5.41) is 3.45. The zero-order valence-electron chi connectivity index (χ0n) is 13.1. The van der Waals surface area contributed by atoms with Gasteiger partial charge < -0.3 is 15.0 Å². The predicted molar refractivity (Wildman–Crippen MR) is 80.5 cm³/mol. The van der Waals surface area contributed by atoms with Crippen LogP contribution in [0.5, 0.6) is 0 Å². The molecule has 1 N–H and O–H groups in total. The first-order chi connectivity index (χ1) is 9.17. The van der Waals surface area contributed by atoms with Crippen LogP contribution < -0.4 is 5.32 Å². The molecule has 112 valence electrons. The van der Waals surface area contributed by atoms with Gasteiger partial charge in [0, 0.05) is 26.7 Å². The van der Waals surface area contributed by atoms with Gasteiger partial charge >= 0.3 is 0 Å². The molecule has 2 rings (SSSR count). The van der Waals surface area contributed by atoms with Crippen molar-refractivity contribution in [3.63, 3.8) is 0 Å². The van der Waals surface area contributed by atoms with Crippen LogP contribution in [0.25, 0.3) is 0 Å². The number of hydrogen-bond donors (Lipinski definition) is 1. The van der Waals surface area contributed by atoms with Crippen LogP contribution in [0.3, 0.4) is 0 Å². The third kappa shape index (κ3) is 4.17. The van der Waals surface area contributed by atoms with Gasteiger partial charge in [-0.1, -0.05) is 19.8 Å². The maximum Gasteiger partial charge on any atom is 0.0698 e. The minimum Gasteiger partial charge on any atom is -0.380 e. The molecular formula is C16H32N2O. The minimum atomic E-state index is 0.461. The summed E-state index contributed by atoms with van der Waals surface area (Å²) in [6, 6.07) is 0. The normalized spacial score (nSPS) is 37.4. The largest absolute Gasteiger partial charge is 0.380 e. The Kier molecular flexibility index (Phi) is 5.67. The van der Waals surface area contributed by atoms with Gasteiger partial charge in [-0.05, 0) is 50.6 Å². The number of hydrogen-bond acceptors (Lipinski definition) is 3. The van der Waals surface area contributed by atoms with Crippen LogP contribution in [-0.2, 0) is 4.74 Å². The molecule has 1 aliphatic carbocycles. The fourth-order valence-corrected chi connectivity index (χ4v) is 3.96. The van der Waals surface area contributed by atoms with Gasteiger partial charge in [0.15, 0.2) is 0 Å². The van der Waals surface area contributed by atoms with Crippen molar-refractivity contribution < 1.29 is 4.74 Å². The lowest BCUT2D eigenvalue weighted by Gasteiger charge is -2.44. The van der Waals surface area contributed by atoms with E-state index in [2.05, 4.69) is 24.2 Å². The Morgan fingerprint density at radius 3 is 2.63 bits per heavy atom. The Morgan fingerprint density at radius 2 is 2.00 bits per heavy atom. The maximum atomic E-state index is 5.56. The smallest absolute Gasteiger partial charge is 0.0698 e. The highest BCUT2D eigenvalue weighted by Gasteiger charge is 2.36. The van der Waals surface area contributed by atoms with E-state index in [9.17, 15) is 0 Å². The van der Waals surface area contributed by atoms with E-state index < -0.39 is 0 Å². The molecule has 1 aliphatic heterocycles. The number of likely N-dealkylation sites (tertiary alicyclic amines) is 1. The topological polar surface area (TPSA) is 24.5 Å². The molecule has 19 heavy (non-hydrogen) atoms. The molecule has 0 aromatic heterocycles. The summed E-state index contributed by atoms with van der Waals surface area (Å²) in [4.78, 5) is 2.66. The molecule has 1 heterocycles. The van der Waals surface area contributed by atoms with E-state index in [0.29, 0.717) is 11.5 Å². The first-order valence-corrected chi connectivity index (χ1v) is 8.07. The number of ether oxygens (including phenoxy) is 1. The summed E-state index contributed by atoms with van der Waals surface area (Å²) in [7, 11) is 3.97. The van der Waals surface area contributed by atoms with Gasteiger partial charge in [0.1, 0.15) is 0 Å². The molecule has 3 heteroatoms. The molecule has 0 aromatic carbocycles. The van der Waals surface area contributed by atoms with E-state index in [1.54, 1.807) is 0 Å². The van der Waals surface area contributed by atoms with E-state index in [-0.39, 0.29) is 0 Å². The summed E-state index contributed by atoms with van der Waals surface area (Å²) in [6.07, 6.45) is 8.59. The SMILES string of the molecule is CNCC1(CN2CCCC(OC)C2)CCC(C)CC1. The van der Waals surface area contributed by atoms with Crippen LogP contribution in [0.4, 0.5) is 0 Å². The summed E-state index contributed by atoms with van der Waals surface area (Å²) >= 11 is 0. The third-order valence-electron chi connectivity index (χ3n) is 5.24. The molecule has 0 spiro atoms. The van der Waals surface area contributed by atoms with Gasteiger partial charge in [0.05, 0.1) is 6.10 Å². The fourth-order valence-electron chi connectivity index (χ4n) is 3.96. The summed E-state index contributed by atoms with van der Waals surface area (Å²) in [5.41, 5.74) is 0.511. The molecule has 0 radical (unpaired) electrons. The Hall–Kier alpha value is -0.120. The van der Waals surface area contributed by atoms with Crippen LogP contribution in [0, 0.1) is 11.3 Å². The van der Waals surface area contributed by atoms with E-state index in [1.165, 1.54) is 58.2 Å². The van der Waals surface area contributed by atoms with Gasteiger partial charge in [-0.15, -0.1) is 0 Å². The summed E-state index contributed by atoms with van der Waals surface area (Å²) in [6.45, 7) is 7.25. The van der Waals surface area contributed by atoms with Gasteiger partial charge in [-0.25, -0.2) is 0 Å². The molecule has 3 nitrogen and oxygen atoms in total. The highest BCUT2D eigenvalue weighted by molar-refractivity contribution is 4.90. The lowest BCUT2D eigenvalue weighted by atomic mass is 9.70. The van der Waals surface area contributed by atoms with Gasteiger partial charge in [-0.2, -0.15) is 0 Å². The van der Waals surface area contributed by atoms with Crippen molar-refractivity contribution in [3.05, 3.63) is 0 Å². The van der Waals surface area contributed by atoms with Gasteiger partial charge in [0.2, 0.25) is 0 Å². The minimum absolute atomic E-state index is 0.461. The first-order valence-electron chi connectivity index (χ1n) is 8.07. The van der Waals surface area contributed by atoms with Crippen molar-refractivity contribution in [2.75, 3.05) is 40.3 Å². The van der Waals surface area contributed by atoms with Crippen LogP contribution in [0.2, 0.25) is 0 Å². The van der Waals surface area contributed by atoms with Crippen molar-refractivity contribution >= 4 is 0 Å². The van der Waals surface area contributed by atoms with Crippen molar-refractivity contribution in [2.45, 2.75) is 51.6 Å². The Morgan fingerprint density at radius 1 is 1.26 bits per heavy atom. The second kappa shape index (κ2) is 7.05. The van der Waals surface area contributed by atoms with Crippen molar-refractivity contribution in [1.82, 2.24) is 10.2 Å². The second-order valence-electron chi connectivity index (χ2n) is 6.95. The van der Waals surface area contributed by atoms with Crippen molar-refractivity contribution in [1.29, 1.82) is 0 Å². The molecular weight excluding hydrogens is 236 g/mol. The van der Waals surface area contributed by atoms with Crippen LogP contribution in [0.1, 0.15) is 45.4 Å². The van der Waals surface area contributed by atoms with Crippen LogP contribution >= 0.6 is 0 Å². The van der Waals surface area contributed by atoms with Crippen LogP contribution in [-0.4, -0.2) is 51.3 Å². The second-order valence-corrected chi connectivity index (χ2v) is 6.95. The third-order valence-corrected chi connectivity index (χ3v) is 5.24. The average Bonchev–Trinajstić information content (AvgIpc) is 2.43. The molecule has 1 atom stereocenters. The highest BCUT2D eigenvalue weighted by atomic mass is 16.5. The quantitative estimate of drug-likeness (QED) is 0.829. The lowest BCUT2D eigenvalue weighted by molar-refractivity contribution is 0.00415. The van der Waals surface area contributed by atoms with E-state index in [0.717, 1.165) is 12.5 Å². The Balaban J connectivity index is 1.92. The maximum absolute atomic E-state index is 5.56. The lowest BCUT2D eigenvalue weighted by Crippen LogP contribution is -2.49. The van der Waals surface area contributed by atoms with E-state index in [4.69, 9.17) is 4.74 Å². The molecule has 0 aromatic rings. The molecule has 1 saturated carbocycles. The first kappa shape index (κ1) is 15.3. The predicted octanol–water partition coefficient (Wildman–Crippen LogP) is 2.51. The zero-order valence-corrected chi connectivity index (χ0v) is 13.1. The standard InChI is InChI=1S/C16H32N2O/c1-14-6-8-16(9-7-14,12-17-2)13-18-10-4-5-15(11-18)19-3/h14-15,17H,4-13H2,1-3H3. The Labute approximate surface area is 119 Å². The van der Waals surface area contributed by atoms with Gasteiger partial charge in [0.25, 0.3) is 0 Å². The van der Waals surface area contributed by atoms with E-state index >= 15 is 0 Å². The summed E-state index contributed by atoms with van der Waals surface area (Å²) < 4.78 is 5.56. The number of nitrogens with zero attached hydrogens (tertiary/aromatic N) is 1. The number of piperidine rings is 1. The Bertz CT molecular complexity index is 261.